The van der Waals surface area contributed by atoms with Crippen molar-refractivity contribution in [2.45, 2.75) is 25.8 Å². The first kappa shape index (κ1) is 18.1. The molecule has 1 atom stereocenters. The molecule has 142 valence electrons. The van der Waals surface area contributed by atoms with Gasteiger partial charge < -0.3 is 14.8 Å². The number of nitrogens with one attached hydrogen (secondary N) is 1. The Bertz CT molecular complexity index is 969. The maximum Gasteiger partial charge on any atom is 0.255 e. The van der Waals surface area contributed by atoms with Crippen molar-refractivity contribution in [2.24, 2.45) is 0 Å². The van der Waals surface area contributed by atoms with Crippen LogP contribution in [0.2, 0.25) is 0 Å². The number of para-hydroxylation sites is 2. The summed E-state index contributed by atoms with van der Waals surface area (Å²) in [5, 5.41) is 3.09. The van der Waals surface area contributed by atoms with Crippen LogP contribution < -0.4 is 14.8 Å². The summed E-state index contributed by atoms with van der Waals surface area (Å²) in [6.07, 6.45) is 1.72. The van der Waals surface area contributed by atoms with E-state index in [2.05, 4.69) is 17.4 Å². The molecule has 0 aromatic heterocycles. The van der Waals surface area contributed by atoms with E-state index in [0.717, 1.165) is 25.2 Å². The first-order chi connectivity index (χ1) is 13.7. The molecule has 28 heavy (non-hydrogen) atoms. The lowest BCUT2D eigenvalue weighted by molar-refractivity contribution is 0.0938. The third kappa shape index (κ3) is 4.17. The zero-order valence-corrected chi connectivity index (χ0v) is 15.9. The van der Waals surface area contributed by atoms with Crippen LogP contribution in [0.25, 0.3) is 0 Å². The molecular formula is C24H23NO3. The molecule has 0 bridgehead atoms. The molecular weight excluding hydrogens is 350 g/mol. The lowest BCUT2D eigenvalue weighted by atomic mass is 10.0. The van der Waals surface area contributed by atoms with Gasteiger partial charge in [0.25, 0.3) is 5.91 Å². The van der Waals surface area contributed by atoms with Gasteiger partial charge in [0.05, 0.1) is 12.2 Å². The Kier molecular flexibility index (Phi) is 5.29. The fraction of sp³-hybridized carbons (Fsp3) is 0.208. The van der Waals surface area contributed by atoms with Crippen LogP contribution in [-0.2, 0) is 12.8 Å². The minimum Gasteiger partial charge on any atom is -0.493 e. The summed E-state index contributed by atoms with van der Waals surface area (Å²) in [5.41, 5.74) is 2.98. The van der Waals surface area contributed by atoms with Gasteiger partial charge in [0, 0.05) is 12.5 Å². The highest BCUT2D eigenvalue weighted by Crippen LogP contribution is 2.27. The van der Waals surface area contributed by atoms with Crippen LogP contribution in [0.3, 0.4) is 0 Å². The number of carbonyl (C=O) groups is 1. The molecule has 1 heterocycles. The van der Waals surface area contributed by atoms with Gasteiger partial charge in [-0.15, -0.1) is 0 Å². The Morgan fingerprint density at radius 1 is 1.07 bits per heavy atom. The van der Waals surface area contributed by atoms with E-state index >= 15 is 0 Å². The van der Waals surface area contributed by atoms with Gasteiger partial charge in [0.2, 0.25) is 0 Å². The molecule has 4 rings (SSSR count). The first-order valence-electron chi connectivity index (χ1n) is 9.56. The quantitative estimate of drug-likeness (QED) is 0.677. The molecule has 4 nitrogen and oxygen atoms in total. The Morgan fingerprint density at radius 3 is 2.71 bits per heavy atom. The maximum absolute atomic E-state index is 12.8. The van der Waals surface area contributed by atoms with Gasteiger partial charge in [0.1, 0.15) is 17.2 Å². The smallest absolute Gasteiger partial charge is 0.255 e. The molecule has 0 spiro atoms. The summed E-state index contributed by atoms with van der Waals surface area (Å²) in [4.78, 5) is 12.8. The molecule has 1 aliphatic rings. The van der Waals surface area contributed by atoms with Crippen molar-refractivity contribution >= 4 is 5.91 Å². The van der Waals surface area contributed by atoms with Crippen LogP contribution in [-0.4, -0.2) is 18.6 Å². The molecule has 3 aromatic carbocycles. The van der Waals surface area contributed by atoms with Gasteiger partial charge in [-0.25, -0.2) is 0 Å². The van der Waals surface area contributed by atoms with Crippen LogP contribution in [0.15, 0.2) is 72.8 Å². The molecule has 3 aromatic rings. The Morgan fingerprint density at radius 2 is 1.86 bits per heavy atom. The standard InChI is InChI=1S/C24H23NO3/c1-17(15-18-11-12-22-19(16-18)13-14-27-22)25-24(26)21-9-5-6-10-23(21)28-20-7-3-2-4-8-20/h2-12,16-17H,13-15H2,1H3,(H,25,26). The van der Waals surface area contributed by atoms with Crippen LogP contribution in [0.5, 0.6) is 17.2 Å². The third-order valence-corrected chi connectivity index (χ3v) is 4.78. The predicted octanol–water partition coefficient (Wildman–Crippen LogP) is 4.77. The lowest BCUT2D eigenvalue weighted by Crippen LogP contribution is -2.34. The number of hydrogen-bond acceptors (Lipinski definition) is 3. The van der Waals surface area contributed by atoms with Gasteiger partial charge in [-0.2, -0.15) is 0 Å². The number of benzene rings is 3. The number of ether oxygens (including phenoxy) is 2. The number of fused-ring (bicyclic) bond motifs is 1. The van der Waals surface area contributed by atoms with Crippen LogP contribution in [0, 0.1) is 0 Å². The minimum atomic E-state index is -0.136. The molecule has 0 aliphatic carbocycles. The van der Waals surface area contributed by atoms with Crippen LogP contribution in [0.4, 0.5) is 0 Å². The van der Waals surface area contributed by atoms with E-state index in [-0.39, 0.29) is 11.9 Å². The number of hydrogen-bond donors (Lipinski definition) is 1. The molecule has 1 unspecified atom stereocenters. The highest BCUT2D eigenvalue weighted by Gasteiger charge is 2.17. The molecule has 0 saturated heterocycles. The molecule has 0 fully saturated rings. The highest BCUT2D eigenvalue weighted by atomic mass is 16.5. The largest absolute Gasteiger partial charge is 0.493 e. The van der Waals surface area contributed by atoms with E-state index in [1.165, 1.54) is 11.1 Å². The Labute approximate surface area is 165 Å². The van der Waals surface area contributed by atoms with E-state index in [1.807, 2.05) is 61.5 Å². The third-order valence-electron chi connectivity index (χ3n) is 4.78. The SMILES string of the molecule is CC(Cc1ccc2c(c1)CCO2)NC(=O)c1ccccc1Oc1ccccc1. The topological polar surface area (TPSA) is 47.6 Å². The van der Waals surface area contributed by atoms with Crippen molar-refractivity contribution in [2.75, 3.05) is 6.61 Å². The molecule has 1 N–H and O–H groups in total. The summed E-state index contributed by atoms with van der Waals surface area (Å²) in [5.74, 6) is 2.10. The van der Waals surface area contributed by atoms with Crippen molar-refractivity contribution in [1.29, 1.82) is 0 Å². The average Bonchev–Trinajstić information content (AvgIpc) is 3.17. The summed E-state index contributed by atoms with van der Waals surface area (Å²) in [6.45, 7) is 2.77. The highest BCUT2D eigenvalue weighted by molar-refractivity contribution is 5.97. The van der Waals surface area contributed by atoms with E-state index in [4.69, 9.17) is 9.47 Å². The van der Waals surface area contributed by atoms with Crippen molar-refractivity contribution in [3.63, 3.8) is 0 Å². The summed E-state index contributed by atoms with van der Waals surface area (Å²) < 4.78 is 11.5. The second-order valence-electron chi connectivity index (χ2n) is 7.03. The molecule has 0 saturated carbocycles. The minimum absolute atomic E-state index is 0.00217. The van der Waals surface area contributed by atoms with Gasteiger partial charge in [0.15, 0.2) is 0 Å². The first-order valence-corrected chi connectivity index (χ1v) is 9.56. The maximum atomic E-state index is 12.8. The van der Waals surface area contributed by atoms with Gasteiger partial charge in [-0.3, -0.25) is 4.79 Å². The fourth-order valence-corrected chi connectivity index (χ4v) is 3.43. The normalized spacial score (nSPS) is 13.3. The Hall–Kier alpha value is -3.27. The number of carbonyl (C=O) groups excluding carboxylic acids is 1. The number of rotatable bonds is 6. The van der Waals surface area contributed by atoms with Crippen molar-refractivity contribution in [3.8, 4) is 17.2 Å². The molecule has 1 amide bonds. The number of amides is 1. The second-order valence-corrected chi connectivity index (χ2v) is 7.03. The van der Waals surface area contributed by atoms with Crippen LogP contribution >= 0.6 is 0 Å². The molecule has 4 heteroatoms. The lowest BCUT2D eigenvalue weighted by Gasteiger charge is -2.16. The zero-order valence-electron chi connectivity index (χ0n) is 15.9. The van der Waals surface area contributed by atoms with Crippen molar-refractivity contribution < 1.29 is 14.3 Å². The van der Waals surface area contributed by atoms with Crippen LogP contribution in [0.1, 0.15) is 28.4 Å². The fourth-order valence-electron chi connectivity index (χ4n) is 3.43. The summed E-state index contributed by atoms with van der Waals surface area (Å²) in [6, 6.07) is 23.1. The Balaban J connectivity index is 1.43. The average molecular weight is 373 g/mol. The molecule has 0 radical (unpaired) electrons. The molecule has 1 aliphatic heterocycles. The van der Waals surface area contributed by atoms with E-state index in [0.29, 0.717) is 17.1 Å². The summed E-state index contributed by atoms with van der Waals surface area (Å²) in [7, 11) is 0. The van der Waals surface area contributed by atoms with E-state index in [1.54, 1.807) is 6.07 Å². The zero-order chi connectivity index (χ0) is 19.3. The van der Waals surface area contributed by atoms with Crippen molar-refractivity contribution in [3.05, 3.63) is 89.5 Å². The van der Waals surface area contributed by atoms with Crippen molar-refractivity contribution in [1.82, 2.24) is 5.32 Å². The monoisotopic (exact) mass is 373 g/mol. The van der Waals surface area contributed by atoms with E-state index in [9.17, 15) is 4.79 Å². The van der Waals surface area contributed by atoms with Gasteiger partial charge >= 0.3 is 0 Å². The van der Waals surface area contributed by atoms with Gasteiger partial charge in [-0.1, -0.05) is 42.5 Å². The second kappa shape index (κ2) is 8.17. The van der Waals surface area contributed by atoms with E-state index < -0.39 is 0 Å². The predicted molar refractivity (Wildman–Crippen MR) is 109 cm³/mol. The summed E-state index contributed by atoms with van der Waals surface area (Å²) >= 11 is 0. The van der Waals surface area contributed by atoms with Gasteiger partial charge in [-0.05, 0) is 54.8 Å².